The van der Waals surface area contributed by atoms with E-state index in [9.17, 15) is 0 Å². The number of fused-ring (bicyclic) bond motifs is 2. The van der Waals surface area contributed by atoms with Crippen molar-refractivity contribution in [3.8, 4) is 75.1 Å². The third-order valence-electron chi connectivity index (χ3n) is 10.4. The zero-order valence-electron chi connectivity index (χ0n) is 29.4. The van der Waals surface area contributed by atoms with Gasteiger partial charge in [-0.3, -0.25) is 0 Å². The second-order valence-electron chi connectivity index (χ2n) is 13.6. The summed E-state index contributed by atoms with van der Waals surface area (Å²) < 4.78 is 0. The van der Waals surface area contributed by atoms with Gasteiger partial charge in [-0.1, -0.05) is 170 Å². The van der Waals surface area contributed by atoms with Crippen LogP contribution in [0.3, 0.4) is 0 Å². The third-order valence-corrected chi connectivity index (χ3v) is 12.8. The van der Waals surface area contributed by atoms with Crippen LogP contribution in [-0.2, 0) is 0 Å². The molecule has 0 unspecified atom stereocenters. The number of rotatable bonds is 7. The van der Waals surface area contributed by atoms with Crippen molar-refractivity contribution in [1.82, 2.24) is 0 Å². The van der Waals surface area contributed by atoms with Crippen LogP contribution < -0.4 is 0 Å². The fraction of sp³-hybridized carbons (Fsp3) is 0. The van der Waals surface area contributed by atoms with Gasteiger partial charge < -0.3 is 0 Å². The van der Waals surface area contributed by atoms with E-state index in [1.54, 1.807) is 0 Å². The molecule has 0 radical (unpaired) electrons. The molecule has 0 aliphatic heterocycles. The monoisotopic (exact) mass is 722 g/mol. The molecule has 2 aromatic heterocycles. The maximum atomic E-state index is 2.45. The van der Waals surface area contributed by atoms with Crippen molar-refractivity contribution >= 4 is 44.2 Å². The molecule has 0 spiro atoms. The Morgan fingerprint density at radius 3 is 1.39 bits per heavy atom. The van der Waals surface area contributed by atoms with E-state index in [4.69, 9.17) is 0 Å². The van der Waals surface area contributed by atoms with Gasteiger partial charge in [0.2, 0.25) is 0 Å². The lowest BCUT2D eigenvalue weighted by atomic mass is 9.83. The van der Waals surface area contributed by atoms with E-state index in [2.05, 4.69) is 206 Å². The van der Waals surface area contributed by atoms with Gasteiger partial charge in [0.15, 0.2) is 0 Å². The number of hydrogen-bond acceptors (Lipinski definition) is 2. The lowest BCUT2D eigenvalue weighted by Gasteiger charge is -2.20. The molecule has 0 aliphatic carbocycles. The lowest BCUT2D eigenvalue weighted by Crippen LogP contribution is -1.93. The van der Waals surface area contributed by atoms with Crippen LogP contribution in [0.1, 0.15) is 0 Å². The Bertz CT molecular complexity index is 2910. The standard InChI is InChI=1S/C52H34S2/c1-4-15-35(16-5-1)38-21-14-22-40(33-38)51-43-25-12-13-26-44(43)52(42-24-11-10-23-41(42)36-17-6-2-7-18-36)46-34-39(27-28-45(46)51)48-30-32-50(54-48)49-31-29-47(53-49)37-19-8-3-9-20-37/h1-34H. The van der Waals surface area contributed by atoms with Gasteiger partial charge in [-0.25, -0.2) is 0 Å². The molecule has 0 atom stereocenters. The van der Waals surface area contributed by atoms with Crippen LogP contribution in [0.5, 0.6) is 0 Å². The Morgan fingerprint density at radius 1 is 0.222 bits per heavy atom. The quantitative estimate of drug-likeness (QED) is 0.144. The van der Waals surface area contributed by atoms with E-state index in [0.717, 1.165) is 0 Å². The molecule has 0 fully saturated rings. The van der Waals surface area contributed by atoms with E-state index in [1.165, 1.54) is 96.7 Å². The van der Waals surface area contributed by atoms with Crippen LogP contribution in [0.4, 0.5) is 0 Å². The summed E-state index contributed by atoms with van der Waals surface area (Å²) in [4.78, 5) is 5.16. The fourth-order valence-corrected chi connectivity index (χ4v) is 9.95. The molecule has 0 amide bonds. The predicted octanol–water partition coefficient (Wildman–Crippen LogP) is 15.8. The third kappa shape index (κ3) is 5.87. The van der Waals surface area contributed by atoms with Crippen molar-refractivity contribution in [2.75, 3.05) is 0 Å². The van der Waals surface area contributed by atoms with E-state index in [0.29, 0.717) is 0 Å². The van der Waals surface area contributed by atoms with Crippen LogP contribution in [0.15, 0.2) is 206 Å². The normalized spacial score (nSPS) is 11.3. The molecule has 10 rings (SSSR count). The smallest absolute Gasteiger partial charge is 0.0449 e. The molecule has 54 heavy (non-hydrogen) atoms. The molecule has 0 bridgehead atoms. The summed E-state index contributed by atoms with van der Waals surface area (Å²) in [5, 5.41) is 5.02. The van der Waals surface area contributed by atoms with Gasteiger partial charge in [0.1, 0.15) is 0 Å². The highest BCUT2D eigenvalue weighted by molar-refractivity contribution is 7.25. The minimum atomic E-state index is 1.22. The van der Waals surface area contributed by atoms with Gasteiger partial charge in [0, 0.05) is 19.5 Å². The summed E-state index contributed by atoms with van der Waals surface area (Å²) in [5.74, 6) is 0. The zero-order valence-corrected chi connectivity index (χ0v) is 31.1. The molecular formula is C52H34S2. The molecule has 254 valence electrons. The maximum absolute atomic E-state index is 2.45. The number of benzene rings is 8. The Kier molecular flexibility index (Phi) is 8.33. The van der Waals surface area contributed by atoms with Gasteiger partial charge in [0.25, 0.3) is 0 Å². The summed E-state index contributed by atoms with van der Waals surface area (Å²) in [6, 6.07) is 75.4. The predicted molar refractivity (Wildman–Crippen MR) is 235 cm³/mol. The molecule has 2 heteroatoms. The minimum absolute atomic E-state index is 1.22. The summed E-state index contributed by atoms with van der Waals surface area (Å²) in [6.45, 7) is 0. The van der Waals surface area contributed by atoms with Crippen molar-refractivity contribution in [1.29, 1.82) is 0 Å². The first-order chi connectivity index (χ1) is 26.8. The second-order valence-corrected chi connectivity index (χ2v) is 15.8. The Labute approximate surface area is 323 Å². The van der Waals surface area contributed by atoms with Crippen molar-refractivity contribution < 1.29 is 0 Å². The van der Waals surface area contributed by atoms with E-state index in [-0.39, 0.29) is 0 Å². The Balaban J connectivity index is 1.20. The SMILES string of the molecule is c1ccc(-c2cccc(-c3c4ccccc4c(-c4ccccc4-c4ccccc4)c4cc(-c5ccc(-c6ccc(-c7ccccc7)s6)s5)ccc34)c2)cc1. The minimum Gasteiger partial charge on any atom is -0.134 e. The van der Waals surface area contributed by atoms with Crippen molar-refractivity contribution in [3.05, 3.63) is 206 Å². The molecule has 8 aromatic carbocycles. The molecule has 0 nitrogen and oxygen atoms in total. The lowest BCUT2D eigenvalue weighted by molar-refractivity contribution is 1.60. The van der Waals surface area contributed by atoms with Crippen LogP contribution in [0, 0.1) is 0 Å². The van der Waals surface area contributed by atoms with Gasteiger partial charge in [-0.05, 0) is 114 Å². The largest absolute Gasteiger partial charge is 0.134 e. The number of thiophene rings is 2. The van der Waals surface area contributed by atoms with Gasteiger partial charge >= 0.3 is 0 Å². The van der Waals surface area contributed by atoms with Crippen LogP contribution in [-0.4, -0.2) is 0 Å². The molecule has 0 aliphatic rings. The highest BCUT2D eigenvalue weighted by atomic mass is 32.1. The fourth-order valence-electron chi connectivity index (χ4n) is 7.84. The summed E-state index contributed by atoms with van der Waals surface area (Å²) in [6.07, 6.45) is 0. The topological polar surface area (TPSA) is 0 Å². The molecule has 0 saturated carbocycles. The highest BCUT2D eigenvalue weighted by Crippen LogP contribution is 2.48. The first-order valence-electron chi connectivity index (χ1n) is 18.3. The summed E-state index contributed by atoms with van der Waals surface area (Å²) >= 11 is 3.73. The van der Waals surface area contributed by atoms with Crippen LogP contribution >= 0.6 is 22.7 Å². The van der Waals surface area contributed by atoms with Crippen LogP contribution in [0.2, 0.25) is 0 Å². The van der Waals surface area contributed by atoms with Gasteiger partial charge in [-0.2, -0.15) is 0 Å². The Hall–Kier alpha value is -6.32. The highest BCUT2D eigenvalue weighted by Gasteiger charge is 2.20. The molecule has 10 aromatic rings. The number of hydrogen-bond donors (Lipinski definition) is 0. The van der Waals surface area contributed by atoms with Crippen molar-refractivity contribution in [2.45, 2.75) is 0 Å². The van der Waals surface area contributed by atoms with Gasteiger partial charge in [-0.15, -0.1) is 22.7 Å². The average molecular weight is 723 g/mol. The summed E-state index contributed by atoms with van der Waals surface area (Å²) in [5.41, 5.74) is 12.4. The maximum Gasteiger partial charge on any atom is 0.0449 e. The second kappa shape index (κ2) is 13.9. The van der Waals surface area contributed by atoms with Gasteiger partial charge in [0.05, 0.1) is 0 Å². The van der Waals surface area contributed by atoms with E-state index >= 15 is 0 Å². The van der Waals surface area contributed by atoms with E-state index < -0.39 is 0 Å². The molecule has 0 saturated heterocycles. The van der Waals surface area contributed by atoms with E-state index in [1.807, 2.05) is 22.7 Å². The van der Waals surface area contributed by atoms with Crippen LogP contribution in [0.25, 0.3) is 96.7 Å². The first-order valence-corrected chi connectivity index (χ1v) is 20.0. The average Bonchev–Trinajstić information content (AvgIpc) is 3.95. The first kappa shape index (κ1) is 32.3. The Morgan fingerprint density at radius 2 is 0.704 bits per heavy atom. The van der Waals surface area contributed by atoms with Crippen molar-refractivity contribution in [2.24, 2.45) is 0 Å². The van der Waals surface area contributed by atoms with Crippen molar-refractivity contribution in [3.63, 3.8) is 0 Å². The molecular weight excluding hydrogens is 689 g/mol. The molecule has 2 heterocycles. The summed E-state index contributed by atoms with van der Waals surface area (Å²) in [7, 11) is 0. The molecule has 0 N–H and O–H groups in total. The zero-order chi connectivity index (χ0) is 35.8.